The molecule has 1 saturated carbocycles. The maximum atomic E-state index is 11.4. The molecule has 37 heavy (non-hydrogen) atoms. The van der Waals surface area contributed by atoms with Gasteiger partial charge in [0.25, 0.3) is 5.95 Å². The van der Waals surface area contributed by atoms with Crippen LogP contribution in [0, 0.1) is 12.8 Å². The van der Waals surface area contributed by atoms with Gasteiger partial charge < -0.3 is 15.2 Å². The number of aryl methyl sites for hydroxylation is 2. The molecule has 0 unspecified atom stereocenters. The molecule has 1 fully saturated rings. The molecule has 0 amide bonds. The number of aliphatic carboxylic acids is 1. The van der Waals surface area contributed by atoms with Gasteiger partial charge in [0.05, 0.1) is 41.3 Å². The summed E-state index contributed by atoms with van der Waals surface area (Å²) in [6.07, 6.45) is 2.74. The summed E-state index contributed by atoms with van der Waals surface area (Å²) in [5.41, 5.74) is 3.51. The Morgan fingerprint density at radius 2 is 1.97 bits per heavy atom. The van der Waals surface area contributed by atoms with Gasteiger partial charge in [-0.05, 0) is 74.2 Å². The highest BCUT2D eigenvalue weighted by Gasteiger charge is 2.28. The van der Waals surface area contributed by atoms with Crippen LogP contribution in [0.5, 0.6) is 5.75 Å². The number of nitrogens with one attached hydrogen (secondary N) is 1. The van der Waals surface area contributed by atoms with Crippen LogP contribution >= 0.6 is 11.6 Å². The van der Waals surface area contributed by atoms with E-state index in [0.717, 1.165) is 24.2 Å². The van der Waals surface area contributed by atoms with E-state index in [-0.39, 0.29) is 12.0 Å². The van der Waals surface area contributed by atoms with E-state index in [0.29, 0.717) is 53.2 Å². The Hall–Kier alpha value is -4.06. The molecule has 2 atom stereocenters. The highest BCUT2D eigenvalue weighted by molar-refractivity contribution is 6.30. The number of hydrogen-bond acceptors (Lipinski definition) is 9. The van der Waals surface area contributed by atoms with Crippen LogP contribution in [-0.2, 0) is 18.4 Å². The minimum absolute atomic E-state index is 0.133. The number of carboxylic acid groups (broad SMARTS) is 1. The van der Waals surface area contributed by atoms with Gasteiger partial charge in [-0.15, -0.1) is 15.0 Å². The maximum absolute atomic E-state index is 11.4. The number of pyridine rings is 1. The number of nitrogens with zero attached hydrogens (tertiary/aromatic N) is 8. The summed E-state index contributed by atoms with van der Waals surface area (Å²) in [5.74, 6) is -0.123. The van der Waals surface area contributed by atoms with E-state index in [1.165, 1.54) is 4.80 Å². The van der Waals surface area contributed by atoms with Crippen molar-refractivity contribution < 1.29 is 14.6 Å². The highest BCUT2D eigenvalue weighted by Crippen LogP contribution is 2.30. The molecule has 13 heteroatoms. The smallest absolute Gasteiger partial charge is 0.306 e. The molecule has 0 radical (unpaired) electrons. The van der Waals surface area contributed by atoms with Crippen LogP contribution in [0.3, 0.4) is 0 Å². The molecule has 0 spiro atoms. The van der Waals surface area contributed by atoms with Gasteiger partial charge in [0.2, 0.25) is 0 Å². The summed E-state index contributed by atoms with van der Waals surface area (Å²) in [6.45, 7) is 2.21. The van der Waals surface area contributed by atoms with Gasteiger partial charge in [-0.1, -0.05) is 21.9 Å². The van der Waals surface area contributed by atoms with Crippen LogP contribution in [0.4, 0.5) is 5.95 Å². The van der Waals surface area contributed by atoms with Crippen molar-refractivity contribution in [1.82, 2.24) is 40.2 Å². The summed E-state index contributed by atoms with van der Waals surface area (Å²) in [7, 11) is 1.80. The zero-order chi connectivity index (χ0) is 25.9. The van der Waals surface area contributed by atoms with Gasteiger partial charge in [-0.3, -0.25) is 4.79 Å². The molecule has 12 nitrogen and oxygen atoms in total. The number of carboxylic acids is 1. The fourth-order valence-corrected chi connectivity index (χ4v) is 4.49. The zero-order valence-electron chi connectivity index (χ0n) is 20.4. The Balaban J connectivity index is 1.28. The standard InChI is InChI=1S/C24H26ClN9O3/c1-14-21(37-18-5-3-4-15(12-18)23(35)36)11-10-19(27-14)22-20(33(2)31-28-22)13-26-24-29-32-34(30-24)17-8-6-16(25)7-9-17/h6-11,15,18H,3-5,12-13H2,1-2H3,(H,26,30)(H,35,36)/t15-,18-/m0/s1. The lowest BCUT2D eigenvalue weighted by Gasteiger charge is -2.27. The second kappa shape index (κ2) is 10.5. The van der Waals surface area contributed by atoms with E-state index in [4.69, 9.17) is 21.3 Å². The summed E-state index contributed by atoms with van der Waals surface area (Å²) < 4.78 is 7.80. The van der Waals surface area contributed by atoms with Gasteiger partial charge in [-0.2, -0.15) is 0 Å². The van der Waals surface area contributed by atoms with E-state index in [1.807, 2.05) is 19.1 Å². The van der Waals surface area contributed by atoms with Crippen molar-refractivity contribution in [1.29, 1.82) is 0 Å². The van der Waals surface area contributed by atoms with E-state index in [2.05, 4.69) is 31.0 Å². The average Bonchev–Trinajstić information content (AvgIpc) is 3.51. The molecule has 3 aromatic heterocycles. The number of rotatable bonds is 8. The SMILES string of the molecule is Cc1nc(-c2nnn(C)c2CNc2nnn(-c3ccc(Cl)cc3)n2)ccc1O[C@H]1CCC[C@H](C(=O)O)C1. The second-order valence-electron chi connectivity index (χ2n) is 8.96. The number of hydrogen-bond donors (Lipinski definition) is 2. The topological polar surface area (TPSA) is 146 Å². The number of benzene rings is 1. The quantitative estimate of drug-likeness (QED) is 0.352. The summed E-state index contributed by atoms with van der Waals surface area (Å²) in [6, 6.07) is 10.8. The Morgan fingerprint density at radius 3 is 2.73 bits per heavy atom. The molecule has 0 saturated heterocycles. The molecule has 4 aromatic rings. The average molecular weight is 524 g/mol. The first-order valence-electron chi connectivity index (χ1n) is 11.9. The Morgan fingerprint density at radius 1 is 1.16 bits per heavy atom. The summed E-state index contributed by atoms with van der Waals surface area (Å²) in [4.78, 5) is 17.5. The molecule has 5 rings (SSSR count). The zero-order valence-corrected chi connectivity index (χ0v) is 21.1. The monoisotopic (exact) mass is 523 g/mol. The minimum atomic E-state index is -0.759. The van der Waals surface area contributed by atoms with E-state index < -0.39 is 5.97 Å². The second-order valence-corrected chi connectivity index (χ2v) is 9.40. The molecule has 0 bridgehead atoms. The molecular formula is C24H26ClN9O3. The van der Waals surface area contributed by atoms with Crippen molar-refractivity contribution in [2.45, 2.75) is 45.3 Å². The Kier molecular flexibility index (Phi) is 6.99. The minimum Gasteiger partial charge on any atom is -0.489 e. The first-order chi connectivity index (χ1) is 17.9. The number of halogens is 1. The molecule has 0 aliphatic heterocycles. The van der Waals surface area contributed by atoms with Gasteiger partial charge >= 0.3 is 5.97 Å². The van der Waals surface area contributed by atoms with Crippen molar-refractivity contribution in [2.75, 3.05) is 5.32 Å². The van der Waals surface area contributed by atoms with Gasteiger partial charge in [0.1, 0.15) is 11.4 Å². The molecule has 2 N–H and O–H groups in total. The van der Waals surface area contributed by atoms with Crippen LogP contribution in [0.15, 0.2) is 36.4 Å². The van der Waals surface area contributed by atoms with Crippen LogP contribution < -0.4 is 10.1 Å². The van der Waals surface area contributed by atoms with Crippen molar-refractivity contribution in [2.24, 2.45) is 13.0 Å². The normalized spacial score (nSPS) is 17.5. The molecule has 1 aromatic carbocycles. The van der Waals surface area contributed by atoms with Crippen LogP contribution in [0.25, 0.3) is 17.1 Å². The van der Waals surface area contributed by atoms with E-state index in [1.54, 1.807) is 36.0 Å². The summed E-state index contributed by atoms with van der Waals surface area (Å²) in [5, 5.41) is 34.1. The lowest BCUT2D eigenvalue weighted by atomic mass is 9.87. The highest BCUT2D eigenvalue weighted by atomic mass is 35.5. The van der Waals surface area contributed by atoms with Crippen LogP contribution in [-0.4, -0.2) is 57.4 Å². The van der Waals surface area contributed by atoms with Gasteiger partial charge in [-0.25, -0.2) is 9.67 Å². The molecule has 192 valence electrons. The third-order valence-corrected chi connectivity index (χ3v) is 6.63. The Bertz CT molecular complexity index is 1400. The molecule has 1 aliphatic rings. The van der Waals surface area contributed by atoms with Crippen LogP contribution in [0.2, 0.25) is 5.02 Å². The van der Waals surface area contributed by atoms with Crippen molar-refractivity contribution >= 4 is 23.5 Å². The largest absolute Gasteiger partial charge is 0.489 e. The Labute approximate surface area is 217 Å². The first-order valence-corrected chi connectivity index (χ1v) is 12.3. The maximum Gasteiger partial charge on any atom is 0.306 e. The van der Waals surface area contributed by atoms with E-state index in [9.17, 15) is 9.90 Å². The molecule has 3 heterocycles. The predicted molar refractivity (Wildman–Crippen MR) is 134 cm³/mol. The fraction of sp³-hybridized carbons (Fsp3) is 0.375. The van der Waals surface area contributed by atoms with E-state index >= 15 is 0 Å². The van der Waals surface area contributed by atoms with Crippen molar-refractivity contribution in [3.05, 3.63) is 52.8 Å². The molecule has 1 aliphatic carbocycles. The lowest BCUT2D eigenvalue weighted by Crippen LogP contribution is -2.29. The predicted octanol–water partition coefficient (Wildman–Crippen LogP) is 3.45. The lowest BCUT2D eigenvalue weighted by molar-refractivity contribution is -0.143. The summed E-state index contributed by atoms with van der Waals surface area (Å²) >= 11 is 5.95. The first kappa shape index (κ1) is 24.6. The van der Waals surface area contributed by atoms with Gasteiger partial charge in [0, 0.05) is 12.1 Å². The van der Waals surface area contributed by atoms with Gasteiger partial charge in [0.15, 0.2) is 0 Å². The number of aromatic nitrogens is 8. The number of anilines is 1. The number of carbonyl (C=O) groups is 1. The fourth-order valence-electron chi connectivity index (χ4n) is 4.37. The third-order valence-electron chi connectivity index (χ3n) is 6.38. The van der Waals surface area contributed by atoms with Crippen molar-refractivity contribution in [3.63, 3.8) is 0 Å². The number of ether oxygens (including phenoxy) is 1. The molecular weight excluding hydrogens is 498 g/mol. The third kappa shape index (κ3) is 5.53. The van der Waals surface area contributed by atoms with Crippen molar-refractivity contribution in [3.8, 4) is 22.8 Å². The number of tetrazole rings is 1. The van der Waals surface area contributed by atoms with Crippen LogP contribution in [0.1, 0.15) is 37.1 Å².